The molecule has 722 valence electrons. The highest BCUT2D eigenvalue weighted by atomic mass is 32.1. The topological polar surface area (TPSA) is 339 Å². The van der Waals surface area contributed by atoms with E-state index >= 15 is 0 Å². The molecule has 0 atom stereocenters. The maximum Gasteiger partial charge on any atom is 0.347 e. The van der Waals surface area contributed by atoms with E-state index in [1.54, 1.807) is 89.0 Å². The number of aromatic nitrogens is 9. The minimum atomic E-state index is -1.06. The number of nitrogens with zero attached hydrogens (tertiary/aromatic N) is 11. The van der Waals surface area contributed by atoms with Crippen molar-refractivity contribution in [3.05, 3.63) is 496 Å². The lowest BCUT2D eigenvalue weighted by Gasteiger charge is -2.15. The van der Waals surface area contributed by atoms with Crippen LogP contribution < -0.4 is 20.0 Å². The van der Waals surface area contributed by atoms with Crippen LogP contribution in [0.2, 0.25) is 0 Å². The van der Waals surface area contributed by atoms with Gasteiger partial charge in [-0.2, -0.15) is 5.26 Å². The number of ether oxygens (including phenoxy) is 2. The Labute approximate surface area is 848 Å². The van der Waals surface area contributed by atoms with Crippen molar-refractivity contribution < 1.29 is 65.1 Å². The molecule has 26 nitrogen and oxygen atoms in total. The Morgan fingerprint density at radius 2 is 0.953 bits per heavy atom. The number of hydrogen-bond acceptors (Lipinski definition) is 22. The van der Waals surface area contributed by atoms with Crippen LogP contribution in [-0.4, -0.2) is 91.3 Å². The van der Waals surface area contributed by atoms with Crippen LogP contribution in [0.1, 0.15) is 89.3 Å². The Hall–Kier alpha value is -19.9. The molecule has 0 fully saturated rings. The van der Waals surface area contributed by atoms with Crippen molar-refractivity contribution in [1.82, 2.24) is 43.6 Å². The van der Waals surface area contributed by atoms with Gasteiger partial charge in [0.1, 0.15) is 63.3 Å². The smallest absolute Gasteiger partial charge is 0.347 e. The molecular weight excluding hydrogens is 1880 g/mol. The average Bonchev–Trinajstić information content (AvgIpc) is 1.72. The minimum Gasteiger partial charge on any atom is -0.482 e. The number of benzene rings is 14. The van der Waals surface area contributed by atoms with Crippen LogP contribution >= 0.6 is 11.3 Å². The number of thiazole rings is 1. The predicted octanol–water partition coefficient (Wildman–Crippen LogP) is 25.9. The van der Waals surface area contributed by atoms with E-state index in [-0.39, 0.29) is 34.5 Å². The molecule has 0 saturated heterocycles. The van der Waals surface area contributed by atoms with Gasteiger partial charge < -0.3 is 59.7 Å². The van der Waals surface area contributed by atoms with E-state index in [1.807, 2.05) is 240 Å². The van der Waals surface area contributed by atoms with E-state index < -0.39 is 24.2 Å². The van der Waals surface area contributed by atoms with Crippen LogP contribution in [-0.2, 0) is 42.1 Å². The van der Waals surface area contributed by atoms with Gasteiger partial charge in [-0.05, 0) is 168 Å². The second-order valence-corrected chi connectivity index (χ2v) is 34.8. The Kier molecular flexibility index (Phi) is 28.8. The number of imidazole rings is 3. The fraction of sp³-hybridized carbons (Fsp3) is 0.0661. The van der Waals surface area contributed by atoms with Gasteiger partial charge >= 0.3 is 17.6 Å². The fourth-order valence-electron chi connectivity index (χ4n) is 17.2. The molecular formula is C121H87N11O15S. The van der Waals surface area contributed by atoms with Gasteiger partial charge in [0.15, 0.2) is 41.3 Å². The summed E-state index contributed by atoms with van der Waals surface area (Å²) in [6, 6.07) is 127. The van der Waals surface area contributed by atoms with Gasteiger partial charge in [0.25, 0.3) is 17.6 Å². The first kappa shape index (κ1) is 95.7. The van der Waals surface area contributed by atoms with Crippen molar-refractivity contribution in [1.29, 1.82) is 5.26 Å². The van der Waals surface area contributed by atoms with Crippen LogP contribution in [0.4, 0.5) is 5.69 Å². The minimum absolute atomic E-state index is 0.0637. The number of carboxylic acids is 1. The molecule has 1 N–H and O–H groups in total. The Balaban J connectivity index is 0.000000105. The summed E-state index contributed by atoms with van der Waals surface area (Å²) < 4.78 is 49.7. The van der Waals surface area contributed by atoms with Crippen molar-refractivity contribution in [3.63, 3.8) is 0 Å². The number of para-hydroxylation sites is 11. The number of esters is 1. The SMILES string of the molecule is CC(=O)Oc1ccc2nc(-c3cc4ccccc4o3)oc(=O)c2c1.N#Cc1nc2ccccc2n1Cc1ccccc1.O=C(O)COc1ccc2occ(C(=O)c3ccccc3)c2c1.O=C(c1cc2ccccc2o1)N1CCc2ccccc21.O=C(c1cc2ccccc2o1)c1cc2ccccc2o1.c1ccc(Cn2c(-c3cscn3)nc3ccccc32)cc1.c1ccc(Cn2c(Cc3ccccn3)nc3ccccc32)cc1. The molecule has 0 radical (unpaired) electrons. The summed E-state index contributed by atoms with van der Waals surface area (Å²) in [7, 11) is 0. The maximum atomic E-state index is 12.6. The fourth-order valence-corrected chi connectivity index (χ4v) is 17.7. The molecule has 0 aliphatic carbocycles. The lowest BCUT2D eigenvalue weighted by Crippen LogP contribution is -2.28. The number of fused-ring (bicyclic) bond motifs is 10. The van der Waals surface area contributed by atoms with Crippen LogP contribution in [0.15, 0.2) is 449 Å². The van der Waals surface area contributed by atoms with E-state index in [0.717, 1.165) is 121 Å². The number of carbonyl (C=O) groups excluding carboxylic acids is 4. The van der Waals surface area contributed by atoms with Gasteiger partial charge in [0.05, 0.1) is 61.6 Å². The van der Waals surface area contributed by atoms with E-state index in [1.165, 1.54) is 41.5 Å². The molecule has 0 spiro atoms. The Morgan fingerprint density at radius 3 is 1.53 bits per heavy atom. The zero-order chi connectivity index (χ0) is 101. The first-order valence-corrected chi connectivity index (χ1v) is 48.2. The summed E-state index contributed by atoms with van der Waals surface area (Å²) in [6.07, 6.45) is 4.88. The van der Waals surface area contributed by atoms with Crippen LogP contribution in [0.25, 0.3) is 122 Å². The van der Waals surface area contributed by atoms with Gasteiger partial charge in [-0.3, -0.25) is 24.2 Å². The molecule has 1 amide bonds. The molecule has 1 aliphatic heterocycles. The van der Waals surface area contributed by atoms with E-state index in [2.05, 4.69) is 132 Å². The van der Waals surface area contributed by atoms with Gasteiger partial charge in [0.2, 0.25) is 5.82 Å². The van der Waals surface area contributed by atoms with E-state index in [0.29, 0.717) is 85.5 Å². The normalized spacial score (nSPS) is 11.3. The molecule has 0 unspecified atom stereocenters. The highest BCUT2D eigenvalue weighted by Crippen LogP contribution is 2.36. The number of hydrogen-bond donors (Lipinski definition) is 1. The zero-order valence-electron chi connectivity index (χ0n) is 79.3. The summed E-state index contributed by atoms with van der Waals surface area (Å²) >= 11 is 1.59. The van der Waals surface area contributed by atoms with Crippen LogP contribution in [0.5, 0.6) is 11.5 Å². The largest absolute Gasteiger partial charge is 0.482 e. The molecule has 27 heteroatoms. The quantitative estimate of drug-likeness (QED) is 0.0446. The van der Waals surface area contributed by atoms with E-state index in [9.17, 15) is 28.8 Å². The van der Waals surface area contributed by atoms with Crippen LogP contribution in [0.3, 0.4) is 0 Å². The standard InChI is InChI=1S/C20H17N3.C18H11NO5.C17H13N3S.C17H13NO2.C17H12O5.C17H10O3.C15H11N3/c1-2-8-16(9-3-1)15-23-19-12-5-4-11-18(19)22-20(23)14-17-10-6-7-13-21-17;1-10(20)22-12-6-7-14-13(9-12)18(21)24-17(19-14)16-8-11-4-2-3-5-15(11)23-16;1-2-6-13(7-3-1)10-20-16-9-5-4-8-14(16)19-17(20)15-11-21-12-18-15;19-17(16-11-13-6-2-4-8-15(13)20-16)18-10-9-12-5-1-3-7-14(12)18;18-16(19)10-21-12-6-7-15-13(8-12)14(9-22-15)17(20)11-4-2-1-3-5-11;18-17(15-9-11-5-1-3-7-13(11)19-15)16-10-12-6-2-4-8-14(12)20-16;16-10-15-17-13-8-4-5-9-14(13)18(15)11-12-6-2-1-3-7-12/h1-13H,14-15H2;2-9H,1H3;1-9,11-12H,10H2;1-8,11H,9-10H2;1-9H,10H2,(H,18,19);1-10H;1-9H,11H2. The number of ketones is 2. The number of carbonyl (C=O) groups is 5. The van der Waals surface area contributed by atoms with Crippen molar-refractivity contribution in [2.24, 2.45) is 0 Å². The number of furan rings is 5. The van der Waals surface area contributed by atoms with Gasteiger partial charge in [-0.25, -0.2) is 34.5 Å². The molecule has 1 aliphatic rings. The average molecular weight is 1970 g/mol. The van der Waals surface area contributed by atoms with Crippen molar-refractivity contribution in [3.8, 4) is 40.7 Å². The second kappa shape index (κ2) is 44.5. The Bertz CT molecular complexity index is 8970. The van der Waals surface area contributed by atoms with E-state index in [4.69, 9.17) is 56.3 Å². The molecule has 0 bridgehead atoms. The summed E-state index contributed by atoms with van der Waals surface area (Å²) in [5, 5.41) is 24.3. The summed E-state index contributed by atoms with van der Waals surface area (Å²) in [6.45, 7) is 3.86. The van der Waals surface area contributed by atoms with Crippen molar-refractivity contribution in [2.45, 2.75) is 39.4 Å². The lowest BCUT2D eigenvalue weighted by molar-refractivity contribution is -0.139. The monoisotopic (exact) mass is 1970 g/mol. The van der Waals surface area contributed by atoms with Gasteiger partial charge in [-0.15, -0.1) is 11.3 Å². The molecule has 14 aromatic carbocycles. The molecule has 0 saturated carbocycles. The van der Waals surface area contributed by atoms with Gasteiger partial charge in [0, 0.05) is 88.4 Å². The molecule has 25 aromatic rings. The number of anilines is 1. The maximum absolute atomic E-state index is 12.6. The number of pyridine rings is 1. The number of carboxylic acid groups (broad SMARTS) is 1. The highest BCUT2D eigenvalue weighted by molar-refractivity contribution is 7.07. The Morgan fingerprint density at radius 1 is 0.446 bits per heavy atom. The summed E-state index contributed by atoms with van der Waals surface area (Å²) in [5.41, 5.74) is 20.2. The molecule has 12 heterocycles. The third-order valence-corrected chi connectivity index (χ3v) is 24.8. The van der Waals surface area contributed by atoms with Crippen molar-refractivity contribution >= 4 is 145 Å². The van der Waals surface area contributed by atoms with Gasteiger partial charge in [-0.1, -0.05) is 255 Å². The third-order valence-electron chi connectivity index (χ3n) is 24.2. The third kappa shape index (κ3) is 22.2. The van der Waals surface area contributed by atoms with Crippen molar-refractivity contribution in [2.75, 3.05) is 18.1 Å². The second-order valence-electron chi connectivity index (χ2n) is 34.1. The number of nitriles is 1. The summed E-state index contributed by atoms with van der Waals surface area (Å²) in [4.78, 5) is 100. The molecule has 148 heavy (non-hydrogen) atoms. The first-order chi connectivity index (χ1) is 72.6. The first-order valence-electron chi connectivity index (χ1n) is 47.2. The summed E-state index contributed by atoms with van der Waals surface area (Å²) in [5.74, 6) is 2.56. The number of aliphatic carboxylic acids is 1. The van der Waals surface area contributed by atoms with Crippen LogP contribution in [0, 0.1) is 11.3 Å². The highest BCUT2D eigenvalue weighted by Gasteiger charge is 2.29. The lowest BCUT2D eigenvalue weighted by atomic mass is 10.0. The predicted molar refractivity (Wildman–Crippen MR) is 569 cm³/mol. The zero-order valence-corrected chi connectivity index (χ0v) is 80.1. The molecule has 26 rings (SSSR count). The number of rotatable bonds is 19. The number of amides is 1. The molecule has 11 aromatic heterocycles.